The first kappa shape index (κ1) is 18.7. The Morgan fingerprint density at radius 1 is 1.19 bits per heavy atom. The van der Waals surface area contributed by atoms with Crippen molar-refractivity contribution < 1.29 is 4.79 Å². The third-order valence-corrected chi connectivity index (χ3v) is 4.55. The lowest BCUT2D eigenvalue weighted by molar-refractivity contribution is -0.117. The van der Waals surface area contributed by atoms with Gasteiger partial charge in [-0.1, -0.05) is 48.0 Å². The topological polar surface area (TPSA) is 90.0 Å². The number of halogens is 1. The van der Waals surface area contributed by atoms with Gasteiger partial charge in [0.05, 0.1) is 13.0 Å². The minimum absolute atomic E-state index is 0.156. The lowest BCUT2D eigenvalue weighted by Gasteiger charge is -2.17. The van der Waals surface area contributed by atoms with Crippen LogP contribution in [-0.4, -0.2) is 15.5 Å². The molecule has 1 heterocycles. The molecule has 0 radical (unpaired) electrons. The Labute approximate surface area is 161 Å². The first-order valence-electron chi connectivity index (χ1n) is 8.39. The van der Waals surface area contributed by atoms with Crippen molar-refractivity contribution in [3.63, 3.8) is 0 Å². The largest absolute Gasteiger partial charge is 0.369 e. The summed E-state index contributed by atoms with van der Waals surface area (Å²) in [6.45, 7) is 2.35. The maximum absolute atomic E-state index is 12.3. The average Bonchev–Trinajstić information content (AvgIpc) is 2.63. The summed E-state index contributed by atoms with van der Waals surface area (Å²) in [7, 11) is 0. The van der Waals surface area contributed by atoms with E-state index in [1.807, 2.05) is 49.4 Å². The van der Waals surface area contributed by atoms with Gasteiger partial charge in [0.15, 0.2) is 0 Å². The molecule has 3 N–H and O–H groups in total. The Hall–Kier alpha value is -3.12. The molecule has 7 heteroatoms. The second-order valence-corrected chi connectivity index (χ2v) is 6.60. The summed E-state index contributed by atoms with van der Waals surface area (Å²) in [4.78, 5) is 27.7. The lowest BCUT2D eigenvalue weighted by atomic mass is 10.2. The summed E-state index contributed by atoms with van der Waals surface area (Å²) >= 11 is 6.18. The van der Waals surface area contributed by atoms with Gasteiger partial charge < -0.3 is 15.6 Å². The standard InChI is InChI=1S/C20H19ClN4O2/c1-13-16(21)8-5-9-17(13)23-20-24-19(27)15(10-18(22)26)12-25(20)11-14-6-3-2-4-7-14/h2-9,12H,10-11H2,1H3,(H2,22,26)(H,23,24,27). The van der Waals surface area contributed by atoms with Crippen LogP contribution in [0.3, 0.4) is 0 Å². The average molecular weight is 383 g/mol. The molecule has 1 aromatic heterocycles. The highest BCUT2D eigenvalue weighted by molar-refractivity contribution is 6.31. The van der Waals surface area contributed by atoms with Crippen LogP contribution in [-0.2, 0) is 17.8 Å². The molecule has 3 rings (SSSR count). The van der Waals surface area contributed by atoms with Gasteiger partial charge in [-0.05, 0) is 30.2 Å². The summed E-state index contributed by atoms with van der Waals surface area (Å²) in [6.07, 6.45) is 1.46. The number of benzene rings is 2. The molecule has 0 saturated heterocycles. The van der Waals surface area contributed by atoms with Crippen molar-refractivity contribution in [2.24, 2.45) is 5.73 Å². The number of nitrogens with two attached hydrogens (primary N) is 1. The summed E-state index contributed by atoms with van der Waals surface area (Å²) in [5.41, 5.74) is 7.64. The van der Waals surface area contributed by atoms with Gasteiger partial charge >= 0.3 is 0 Å². The minimum Gasteiger partial charge on any atom is -0.369 e. The Morgan fingerprint density at radius 3 is 2.63 bits per heavy atom. The van der Waals surface area contributed by atoms with Crippen LogP contribution in [0.1, 0.15) is 16.7 Å². The van der Waals surface area contributed by atoms with Gasteiger partial charge in [0, 0.05) is 22.5 Å². The van der Waals surface area contributed by atoms with Gasteiger partial charge in [-0.15, -0.1) is 0 Å². The molecule has 2 aromatic carbocycles. The normalized spacial score (nSPS) is 10.6. The van der Waals surface area contributed by atoms with E-state index in [1.54, 1.807) is 16.8 Å². The molecule has 0 aliphatic heterocycles. The second-order valence-electron chi connectivity index (χ2n) is 6.19. The van der Waals surface area contributed by atoms with Crippen LogP contribution in [0.5, 0.6) is 0 Å². The molecule has 0 unspecified atom stereocenters. The number of carbonyl (C=O) groups excluding carboxylic acids is 1. The fourth-order valence-corrected chi connectivity index (χ4v) is 2.88. The fraction of sp³-hybridized carbons (Fsp3) is 0.150. The molecule has 0 bridgehead atoms. The SMILES string of the molecule is Cc1c(Cl)cccc1Nc1nc(=O)c(CC(N)=O)cn1Cc1ccccc1. The van der Waals surface area contributed by atoms with Crippen LogP contribution in [0.2, 0.25) is 5.02 Å². The number of nitrogens with zero attached hydrogens (tertiary/aromatic N) is 2. The first-order chi connectivity index (χ1) is 12.9. The molecule has 138 valence electrons. The van der Waals surface area contributed by atoms with Crippen molar-refractivity contribution in [1.82, 2.24) is 9.55 Å². The van der Waals surface area contributed by atoms with Crippen molar-refractivity contribution >= 4 is 29.1 Å². The Kier molecular flexibility index (Phi) is 5.57. The molecular weight excluding hydrogens is 364 g/mol. The molecule has 0 spiro atoms. The summed E-state index contributed by atoms with van der Waals surface area (Å²) in [5, 5.41) is 3.79. The van der Waals surface area contributed by atoms with Crippen molar-refractivity contribution in [2.75, 3.05) is 5.32 Å². The number of hydrogen-bond acceptors (Lipinski definition) is 4. The number of hydrogen-bond donors (Lipinski definition) is 2. The van der Waals surface area contributed by atoms with E-state index in [9.17, 15) is 9.59 Å². The number of primary amides is 1. The van der Waals surface area contributed by atoms with Gasteiger partial charge in [0.1, 0.15) is 0 Å². The monoisotopic (exact) mass is 382 g/mol. The zero-order valence-corrected chi connectivity index (χ0v) is 15.5. The van der Waals surface area contributed by atoms with Gasteiger partial charge in [-0.25, -0.2) is 0 Å². The molecule has 0 atom stereocenters. The Morgan fingerprint density at radius 2 is 1.93 bits per heavy atom. The highest BCUT2D eigenvalue weighted by atomic mass is 35.5. The zero-order chi connectivity index (χ0) is 19.4. The van der Waals surface area contributed by atoms with Crippen LogP contribution in [0.15, 0.2) is 59.5 Å². The highest BCUT2D eigenvalue weighted by Gasteiger charge is 2.13. The third-order valence-electron chi connectivity index (χ3n) is 4.14. The molecule has 0 aliphatic carbocycles. The van der Waals surface area contributed by atoms with E-state index >= 15 is 0 Å². The number of anilines is 2. The van der Waals surface area contributed by atoms with Gasteiger partial charge in [-0.3, -0.25) is 9.59 Å². The number of rotatable bonds is 6. The van der Waals surface area contributed by atoms with Gasteiger partial charge in [0.2, 0.25) is 11.9 Å². The van der Waals surface area contributed by atoms with Crippen molar-refractivity contribution in [2.45, 2.75) is 19.9 Å². The maximum atomic E-state index is 12.3. The predicted octanol–water partition coefficient (Wildman–Crippen LogP) is 3.02. The molecule has 3 aromatic rings. The number of nitrogens with one attached hydrogen (secondary N) is 1. The summed E-state index contributed by atoms with van der Waals surface area (Å²) in [6, 6.07) is 15.2. The molecular formula is C20H19ClN4O2. The summed E-state index contributed by atoms with van der Waals surface area (Å²) in [5.74, 6) is -0.214. The van der Waals surface area contributed by atoms with Gasteiger partial charge in [0.25, 0.3) is 5.56 Å². The van der Waals surface area contributed by atoms with Crippen LogP contribution in [0.25, 0.3) is 0 Å². The molecule has 6 nitrogen and oxygen atoms in total. The molecule has 1 amide bonds. The minimum atomic E-state index is -0.577. The fourth-order valence-electron chi connectivity index (χ4n) is 2.71. The van der Waals surface area contributed by atoms with E-state index in [0.717, 1.165) is 16.8 Å². The zero-order valence-electron chi connectivity index (χ0n) is 14.8. The van der Waals surface area contributed by atoms with Crippen LogP contribution in [0, 0.1) is 6.92 Å². The number of carbonyl (C=O) groups is 1. The smallest absolute Gasteiger partial charge is 0.278 e. The Bertz CT molecular complexity index is 1030. The number of amides is 1. The van der Waals surface area contributed by atoms with Crippen LogP contribution in [0.4, 0.5) is 11.6 Å². The van der Waals surface area contributed by atoms with Crippen molar-refractivity contribution in [3.05, 3.63) is 86.8 Å². The molecule has 0 aliphatic rings. The van der Waals surface area contributed by atoms with E-state index in [4.69, 9.17) is 17.3 Å². The van der Waals surface area contributed by atoms with Gasteiger partial charge in [-0.2, -0.15) is 4.98 Å². The third kappa shape index (κ3) is 4.54. The van der Waals surface area contributed by atoms with E-state index in [1.165, 1.54) is 0 Å². The molecule has 0 saturated carbocycles. The second kappa shape index (κ2) is 8.05. The summed E-state index contributed by atoms with van der Waals surface area (Å²) < 4.78 is 1.79. The first-order valence-corrected chi connectivity index (χ1v) is 8.76. The molecule has 27 heavy (non-hydrogen) atoms. The van der Waals surface area contributed by atoms with Crippen LogP contribution < -0.4 is 16.6 Å². The number of aromatic nitrogens is 2. The van der Waals surface area contributed by atoms with Crippen LogP contribution >= 0.6 is 11.6 Å². The van der Waals surface area contributed by atoms with E-state index in [-0.39, 0.29) is 12.0 Å². The lowest BCUT2D eigenvalue weighted by Crippen LogP contribution is -2.25. The van der Waals surface area contributed by atoms with E-state index in [0.29, 0.717) is 17.5 Å². The predicted molar refractivity (Wildman–Crippen MR) is 106 cm³/mol. The quantitative estimate of drug-likeness (QED) is 0.685. The van der Waals surface area contributed by atoms with E-state index < -0.39 is 11.5 Å². The Balaban J connectivity index is 2.05. The molecule has 0 fully saturated rings. The maximum Gasteiger partial charge on any atom is 0.278 e. The highest BCUT2D eigenvalue weighted by Crippen LogP contribution is 2.25. The van der Waals surface area contributed by atoms with Crippen molar-refractivity contribution in [3.8, 4) is 0 Å². The van der Waals surface area contributed by atoms with E-state index in [2.05, 4.69) is 10.3 Å². The van der Waals surface area contributed by atoms with Crippen molar-refractivity contribution in [1.29, 1.82) is 0 Å².